The average molecular weight is 311 g/mol. The Morgan fingerprint density at radius 2 is 2.12 bits per heavy atom. The van der Waals surface area contributed by atoms with Gasteiger partial charge in [0.05, 0.1) is 0 Å². The molecule has 0 saturated carbocycles. The molecule has 0 saturated heterocycles. The van der Waals surface area contributed by atoms with Crippen molar-refractivity contribution in [2.45, 2.75) is 0 Å². The van der Waals surface area contributed by atoms with Gasteiger partial charge in [-0.25, -0.2) is 4.98 Å². The molecule has 0 fully saturated rings. The first-order chi connectivity index (χ1) is 3.39. The van der Waals surface area contributed by atoms with Gasteiger partial charge in [0.1, 0.15) is 5.15 Å². The predicted octanol–water partition coefficient (Wildman–Crippen LogP) is 1.73. The molecule has 8 heavy (non-hydrogen) atoms. The normalized spacial score (nSPS) is 7.62. The van der Waals surface area contributed by atoms with E-state index in [0.29, 0.717) is 5.15 Å². The van der Waals surface area contributed by atoms with Crippen LogP contribution < -0.4 is 0 Å². The van der Waals surface area contributed by atoms with Crippen LogP contribution in [-0.2, 0) is 22.4 Å². The molecule has 1 heterocycles. The van der Waals surface area contributed by atoms with Gasteiger partial charge < -0.3 is 0 Å². The summed E-state index contributed by atoms with van der Waals surface area (Å²) in [5.74, 6) is 0. The van der Waals surface area contributed by atoms with E-state index in [4.69, 9.17) is 11.6 Å². The van der Waals surface area contributed by atoms with E-state index in [2.05, 4.69) is 4.98 Å². The number of rotatable bonds is 0. The van der Waals surface area contributed by atoms with Gasteiger partial charge >= 0.3 is 0 Å². The van der Waals surface area contributed by atoms with Crippen molar-refractivity contribution in [3.05, 3.63) is 29.5 Å². The van der Waals surface area contributed by atoms with Crippen molar-refractivity contribution in [1.29, 1.82) is 0 Å². The minimum Gasteiger partial charge on any atom is -0.245 e. The van der Waals surface area contributed by atoms with E-state index < -0.39 is 0 Å². The summed E-state index contributed by atoms with van der Waals surface area (Å²) >= 11 is 5.43. The van der Waals surface area contributed by atoms with E-state index >= 15 is 0 Å². The van der Waals surface area contributed by atoms with Gasteiger partial charge in [0.2, 0.25) is 0 Å². The maximum absolute atomic E-state index is 5.43. The molecular formula is C5H4AuClN. The minimum atomic E-state index is 0. The molecule has 1 aromatic rings. The smallest absolute Gasteiger partial charge is 0.129 e. The maximum atomic E-state index is 5.43. The molecule has 0 spiro atoms. The Morgan fingerprint density at radius 1 is 1.38 bits per heavy atom. The molecule has 0 aliphatic rings. The average Bonchev–Trinajstić information content (AvgIpc) is 1.69. The van der Waals surface area contributed by atoms with Crippen LogP contribution >= 0.6 is 11.6 Å². The fraction of sp³-hybridized carbons (Fsp3) is 0. The molecule has 0 N–H and O–H groups in total. The van der Waals surface area contributed by atoms with Crippen molar-refractivity contribution in [2.75, 3.05) is 0 Å². The SMILES string of the molecule is Clc1ccccn1.[Au]. The zero-order valence-corrected chi connectivity index (χ0v) is 6.86. The topological polar surface area (TPSA) is 12.9 Å². The van der Waals surface area contributed by atoms with E-state index in [1.54, 1.807) is 12.3 Å². The first-order valence-electron chi connectivity index (χ1n) is 1.96. The molecule has 3 heteroatoms. The molecule has 0 amide bonds. The van der Waals surface area contributed by atoms with Crippen LogP contribution in [-0.4, -0.2) is 4.98 Å². The molecule has 0 atom stereocenters. The maximum Gasteiger partial charge on any atom is 0.129 e. The third-order valence-electron chi connectivity index (χ3n) is 0.629. The fourth-order valence-electron chi connectivity index (χ4n) is 0.342. The van der Waals surface area contributed by atoms with E-state index in [-0.39, 0.29) is 22.4 Å². The molecule has 1 nitrogen and oxygen atoms in total. The van der Waals surface area contributed by atoms with Crippen LogP contribution in [0.3, 0.4) is 0 Å². The van der Waals surface area contributed by atoms with Crippen molar-refractivity contribution in [3.8, 4) is 0 Å². The number of nitrogens with zero attached hydrogens (tertiary/aromatic N) is 1. The summed E-state index contributed by atoms with van der Waals surface area (Å²) < 4.78 is 0. The van der Waals surface area contributed by atoms with Gasteiger partial charge in [-0.05, 0) is 12.1 Å². The van der Waals surface area contributed by atoms with Crippen LogP contribution in [0.1, 0.15) is 0 Å². The Morgan fingerprint density at radius 3 is 2.38 bits per heavy atom. The second-order valence-electron chi connectivity index (χ2n) is 1.15. The van der Waals surface area contributed by atoms with Gasteiger partial charge in [0, 0.05) is 28.6 Å². The van der Waals surface area contributed by atoms with Crippen LogP contribution in [0.4, 0.5) is 0 Å². The minimum absolute atomic E-state index is 0. The van der Waals surface area contributed by atoms with Crippen molar-refractivity contribution in [2.24, 2.45) is 0 Å². The van der Waals surface area contributed by atoms with Crippen LogP contribution in [0.2, 0.25) is 5.15 Å². The molecule has 0 aliphatic carbocycles. The molecule has 47 valence electrons. The Labute approximate surface area is 68.6 Å². The summed E-state index contributed by atoms with van der Waals surface area (Å²) in [5, 5.41) is 0.544. The quantitative estimate of drug-likeness (QED) is 0.525. The predicted molar refractivity (Wildman–Crippen MR) is 29.2 cm³/mol. The summed E-state index contributed by atoms with van der Waals surface area (Å²) in [6.07, 6.45) is 1.66. The van der Waals surface area contributed by atoms with Gasteiger partial charge in [-0.1, -0.05) is 17.7 Å². The third-order valence-corrected chi connectivity index (χ3v) is 0.852. The Bertz CT molecular complexity index is 142. The van der Waals surface area contributed by atoms with Crippen molar-refractivity contribution in [1.82, 2.24) is 4.98 Å². The summed E-state index contributed by atoms with van der Waals surface area (Å²) in [4.78, 5) is 3.74. The zero-order chi connectivity index (χ0) is 5.11. The summed E-state index contributed by atoms with van der Waals surface area (Å²) in [6.45, 7) is 0. The van der Waals surface area contributed by atoms with Crippen molar-refractivity contribution in [3.63, 3.8) is 0 Å². The molecule has 1 radical (unpaired) electrons. The van der Waals surface area contributed by atoms with Crippen LogP contribution in [0.5, 0.6) is 0 Å². The van der Waals surface area contributed by atoms with Gasteiger partial charge in [-0.15, -0.1) is 0 Å². The molecule has 0 bridgehead atoms. The first-order valence-corrected chi connectivity index (χ1v) is 2.34. The summed E-state index contributed by atoms with van der Waals surface area (Å²) in [6, 6.07) is 5.41. The largest absolute Gasteiger partial charge is 0.245 e. The molecule has 1 rings (SSSR count). The van der Waals surface area contributed by atoms with E-state index in [0.717, 1.165) is 0 Å². The van der Waals surface area contributed by atoms with Gasteiger partial charge in [-0.2, -0.15) is 0 Å². The summed E-state index contributed by atoms with van der Waals surface area (Å²) in [7, 11) is 0. The van der Waals surface area contributed by atoms with Gasteiger partial charge in [-0.3, -0.25) is 0 Å². The van der Waals surface area contributed by atoms with Crippen LogP contribution in [0, 0.1) is 0 Å². The number of hydrogen-bond acceptors (Lipinski definition) is 1. The van der Waals surface area contributed by atoms with Crippen LogP contribution in [0.25, 0.3) is 0 Å². The second kappa shape index (κ2) is 4.10. The van der Waals surface area contributed by atoms with Gasteiger partial charge in [0.25, 0.3) is 0 Å². The molecule has 0 aromatic carbocycles. The second-order valence-corrected chi connectivity index (χ2v) is 1.54. The third kappa shape index (κ3) is 2.48. The zero-order valence-electron chi connectivity index (χ0n) is 3.94. The monoisotopic (exact) mass is 310 g/mol. The van der Waals surface area contributed by atoms with Crippen molar-refractivity contribution < 1.29 is 22.4 Å². The molecule has 0 aliphatic heterocycles. The standard InChI is InChI=1S/C5H4ClN.Au/c6-5-3-1-2-4-7-5;/h1-4H;. The van der Waals surface area contributed by atoms with E-state index in [1.807, 2.05) is 12.1 Å². The first kappa shape index (κ1) is 8.18. The molecule has 0 unspecified atom stereocenters. The number of aromatic nitrogens is 1. The van der Waals surface area contributed by atoms with Crippen LogP contribution in [0.15, 0.2) is 24.4 Å². The van der Waals surface area contributed by atoms with E-state index in [9.17, 15) is 0 Å². The summed E-state index contributed by atoms with van der Waals surface area (Å²) in [5.41, 5.74) is 0. The Hall–Kier alpha value is 0.180. The number of halogens is 1. The number of pyridine rings is 1. The van der Waals surface area contributed by atoms with Gasteiger partial charge in [0.15, 0.2) is 0 Å². The Balaban J connectivity index is 0.000000490. The number of hydrogen-bond donors (Lipinski definition) is 0. The van der Waals surface area contributed by atoms with E-state index in [1.165, 1.54) is 0 Å². The van der Waals surface area contributed by atoms with Crippen molar-refractivity contribution >= 4 is 11.6 Å². The Kier molecular flexibility index (Phi) is 4.19. The molecule has 1 aromatic heterocycles. The fourth-order valence-corrected chi connectivity index (χ4v) is 0.471. The molecular weight excluding hydrogens is 306 g/mol.